The second kappa shape index (κ2) is 12.2. The first-order valence-corrected chi connectivity index (χ1v) is 14.3. The molecule has 9 heteroatoms. The van der Waals surface area contributed by atoms with E-state index in [4.69, 9.17) is 0 Å². The standard InChI is InChI=1S/C29H39F3N4OS/c1-28(2,3)23-6-8-24(9-7-23)34-17-15-33(16-18-34)14-4-5-27(37)36-21-19-35(20-22-36)25-10-12-26(13-11-25)38-29(30,31)32/h6-13H,4-5,14-22H2,1-3H3. The molecule has 38 heavy (non-hydrogen) atoms. The SMILES string of the molecule is CC(C)(C)c1ccc(N2CCN(CCCC(=O)N3CCN(c4ccc(SC(F)(F)F)cc4)CC3)CC2)cc1. The van der Waals surface area contributed by atoms with E-state index < -0.39 is 5.51 Å². The number of carbonyl (C=O) groups is 1. The maximum atomic E-state index is 12.8. The maximum Gasteiger partial charge on any atom is 0.446 e. The number of halogens is 3. The van der Waals surface area contributed by atoms with E-state index in [0.29, 0.717) is 32.6 Å². The van der Waals surface area contributed by atoms with Crippen LogP contribution in [-0.2, 0) is 10.2 Å². The van der Waals surface area contributed by atoms with E-state index in [2.05, 4.69) is 59.7 Å². The Kier molecular flexibility index (Phi) is 9.19. The smallest absolute Gasteiger partial charge is 0.369 e. The molecule has 2 aliphatic heterocycles. The molecule has 0 saturated carbocycles. The van der Waals surface area contributed by atoms with E-state index in [1.54, 1.807) is 12.1 Å². The van der Waals surface area contributed by atoms with Crippen molar-refractivity contribution in [1.82, 2.24) is 9.80 Å². The van der Waals surface area contributed by atoms with Crippen LogP contribution < -0.4 is 9.80 Å². The lowest BCUT2D eigenvalue weighted by Crippen LogP contribution is -2.49. The molecule has 1 amide bonds. The van der Waals surface area contributed by atoms with Crippen molar-refractivity contribution < 1.29 is 18.0 Å². The summed E-state index contributed by atoms with van der Waals surface area (Å²) in [6, 6.07) is 15.4. The largest absolute Gasteiger partial charge is 0.446 e. The maximum absolute atomic E-state index is 12.8. The van der Waals surface area contributed by atoms with Crippen molar-refractivity contribution in [3.05, 3.63) is 54.1 Å². The number of thioether (sulfide) groups is 1. The second-order valence-corrected chi connectivity index (χ2v) is 12.3. The summed E-state index contributed by atoms with van der Waals surface area (Å²) in [6.45, 7) is 14.3. The van der Waals surface area contributed by atoms with Gasteiger partial charge >= 0.3 is 5.51 Å². The Morgan fingerprint density at radius 2 is 1.26 bits per heavy atom. The molecule has 0 N–H and O–H groups in total. The Morgan fingerprint density at radius 1 is 0.763 bits per heavy atom. The summed E-state index contributed by atoms with van der Waals surface area (Å²) >= 11 is -0.0990. The molecular formula is C29H39F3N4OS. The number of hydrogen-bond acceptors (Lipinski definition) is 5. The van der Waals surface area contributed by atoms with E-state index in [1.165, 1.54) is 23.4 Å². The van der Waals surface area contributed by atoms with Gasteiger partial charge in [0.2, 0.25) is 5.91 Å². The molecule has 0 atom stereocenters. The second-order valence-electron chi connectivity index (χ2n) is 11.1. The Balaban J connectivity index is 1.13. The summed E-state index contributed by atoms with van der Waals surface area (Å²) < 4.78 is 37.6. The number of piperazine rings is 2. The van der Waals surface area contributed by atoms with Gasteiger partial charge < -0.3 is 14.7 Å². The Hall–Kier alpha value is -2.39. The average molecular weight is 549 g/mol. The third-order valence-electron chi connectivity index (χ3n) is 7.40. The molecule has 5 nitrogen and oxygen atoms in total. The van der Waals surface area contributed by atoms with E-state index in [9.17, 15) is 18.0 Å². The van der Waals surface area contributed by atoms with Gasteiger partial charge in [0.1, 0.15) is 0 Å². The predicted octanol–water partition coefficient (Wildman–Crippen LogP) is 5.85. The van der Waals surface area contributed by atoms with Crippen LogP contribution >= 0.6 is 11.8 Å². The van der Waals surface area contributed by atoms with Crippen molar-refractivity contribution in [2.75, 3.05) is 68.7 Å². The fourth-order valence-electron chi connectivity index (χ4n) is 5.09. The van der Waals surface area contributed by atoms with Crippen LogP contribution in [-0.4, -0.2) is 80.1 Å². The summed E-state index contributed by atoms with van der Waals surface area (Å²) in [5.41, 5.74) is -0.587. The zero-order chi connectivity index (χ0) is 27.3. The van der Waals surface area contributed by atoms with E-state index in [0.717, 1.165) is 44.8 Å². The number of anilines is 2. The van der Waals surface area contributed by atoms with Gasteiger partial charge in [0.15, 0.2) is 0 Å². The first kappa shape index (κ1) is 28.6. The van der Waals surface area contributed by atoms with Crippen LogP contribution in [0.4, 0.5) is 24.5 Å². The summed E-state index contributed by atoms with van der Waals surface area (Å²) in [7, 11) is 0. The highest BCUT2D eigenvalue weighted by atomic mass is 32.2. The topological polar surface area (TPSA) is 30.0 Å². The minimum atomic E-state index is -4.28. The van der Waals surface area contributed by atoms with Gasteiger partial charge in [-0.1, -0.05) is 32.9 Å². The summed E-state index contributed by atoms with van der Waals surface area (Å²) in [5, 5.41) is 0. The Labute approximate surface area is 229 Å². The minimum absolute atomic E-state index is 0.0990. The van der Waals surface area contributed by atoms with Crippen molar-refractivity contribution in [2.45, 2.75) is 49.4 Å². The molecule has 4 rings (SSSR count). The molecule has 2 aliphatic rings. The van der Waals surface area contributed by atoms with Crippen LogP contribution in [0.1, 0.15) is 39.2 Å². The van der Waals surface area contributed by atoms with Gasteiger partial charge in [0, 0.05) is 75.0 Å². The van der Waals surface area contributed by atoms with Crippen molar-refractivity contribution in [1.29, 1.82) is 0 Å². The molecular weight excluding hydrogens is 509 g/mol. The Bertz CT molecular complexity index is 1040. The van der Waals surface area contributed by atoms with E-state index >= 15 is 0 Å². The minimum Gasteiger partial charge on any atom is -0.369 e. The van der Waals surface area contributed by atoms with E-state index in [1.807, 2.05) is 4.90 Å². The van der Waals surface area contributed by atoms with E-state index in [-0.39, 0.29) is 28.0 Å². The van der Waals surface area contributed by atoms with Gasteiger partial charge in [0.05, 0.1) is 0 Å². The predicted molar refractivity (Wildman–Crippen MR) is 150 cm³/mol. The van der Waals surface area contributed by atoms with Gasteiger partial charge in [-0.2, -0.15) is 13.2 Å². The number of amides is 1. The summed E-state index contributed by atoms with van der Waals surface area (Å²) in [5.74, 6) is 0.194. The number of carbonyl (C=O) groups excluding carboxylic acids is 1. The third-order valence-corrected chi connectivity index (χ3v) is 8.14. The lowest BCUT2D eigenvalue weighted by atomic mass is 9.87. The van der Waals surface area contributed by atoms with Crippen LogP contribution in [0.15, 0.2) is 53.4 Å². The summed E-state index contributed by atoms with van der Waals surface area (Å²) in [6.07, 6.45) is 1.41. The molecule has 2 aromatic rings. The van der Waals surface area contributed by atoms with Crippen molar-refractivity contribution in [3.63, 3.8) is 0 Å². The van der Waals surface area contributed by atoms with Gasteiger partial charge in [-0.05, 0) is 72.1 Å². The molecule has 2 fully saturated rings. The van der Waals surface area contributed by atoms with Gasteiger partial charge in [-0.3, -0.25) is 9.69 Å². The molecule has 0 aromatic heterocycles. The van der Waals surface area contributed by atoms with Gasteiger partial charge in [-0.25, -0.2) is 0 Å². The normalized spacial score (nSPS) is 17.7. The van der Waals surface area contributed by atoms with Crippen LogP contribution in [0.2, 0.25) is 0 Å². The zero-order valence-corrected chi connectivity index (χ0v) is 23.5. The first-order chi connectivity index (χ1) is 18.0. The molecule has 2 heterocycles. The van der Waals surface area contributed by atoms with Gasteiger partial charge in [-0.15, -0.1) is 0 Å². The van der Waals surface area contributed by atoms with Crippen molar-refractivity contribution in [2.24, 2.45) is 0 Å². The van der Waals surface area contributed by atoms with Crippen molar-refractivity contribution in [3.8, 4) is 0 Å². The monoisotopic (exact) mass is 548 g/mol. The zero-order valence-electron chi connectivity index (χ0n) is 22.6. The molecule has 2 saturated heterocycles. The molecule has 208 valence electrons. The van der Waals surface area contributed by atoms with Crippen LogP contribution in [0.5, 0.6) is 0 Å². The van der Waals surface area contributed by atoms with Crippen LogP contribution in [0, 0.1) is 0 Å². The molecule has 0 unspecified atom stereocenters. The highest BCUT2D eigenvalue weighted by Gasteiger charge is 2.29. The molecule has 0 aliphatic carbocycles. The highest BCUT2D eigenvalue weighted by molar-refractivity contribution is 8.00. The van der Waals surface area contributed by atoms with Crippen LogP contribution in [0.3, 0.4) is 0 Å². The number of hydrogen-bond donors (Lipinski definition) is 0. The number of alkyl halides is 3. The van der Waals surface area contributed by atoms with Crippen molar-refractivity contribution >= 4 is 29.0 Å². The molecule has 0 bridgehead atoms. The fraction of sp³-hybridized carbons (Fsp3) is 0.552. The fourth-order valence-corrected chi connectivity index (χ4v) is 5.63. The molecule has 0 spiro atoms. The van der Waals surface area contributed by atoms with Gasteiger partial charge in [0.25, 0.3) is 0 Å². The third kappa shape index (κ3) is 8.06. The summed E-state index contributed by atoms with van der Waals surface area (Å²) in [4.78, 5) is 21.9. The average Bonchev–Trinajstić information content (AvgIpc) is 2.88. The lowest BCUT2D eigenvalue weighted by molar-refractivity contribution is -0.131. The van der Waals surface area contributed by atoms with Crippen LogP contribution in [0.25, 0.3) is 0 Å². The Morgan fingerprint density at radius 3 is 1.76 bits per heavy atom. The highest BCUT2D eigenvalue weighted by Crippen LogP contribution is 2.37. The molecule has 0 radical (unpaired) electrons. The first-order valence-electron chi connectivity index (χ1n) is 13.4. The quantitative estimate of drug-likeness (QED) is 0.405. The lowest BCUT2D eigenvalue weighted by Gasteiger charge is -2.37. The number of benzene rings is 2. The number of rotatable bonds is 7. The number of nitrogens with zero attached hydrogens (tertiary/aromatic N) is 4. The molecule has 2 aromatic carbocycles.